The van der Waals surface area contributed by atoms with Gasteiger partial charge in [0.2, 0.25) is 5.91 Å². The van der Waals surface area contributed by atoms with Gasteiger partial charge in [0.25, 0.3) is 5.91 Å². The zero-order chi connectivity index (χ0) is 25.6. The number of nitrogens with two attached hydrogens (primary N) is 1. The highest BCUT2D eigenvalue weighted by Gasteiger charge is 2.30. The average Bonchev–Trinajstić information content (AvgIpc) is 2.81. The number of ether oxygens (including phenoxy) is 2. The van der Waals surface area contributed by atoms with E-state index in [0.29, 0.717) is 35.7 Å². The fourth-order valence-corrected chi connectivity index (χ4v) is 4.51. The van der Waals surface area contributed by atoms with Crippen molar-refractivity contribution in [3.05, 3.63) is 53.6 Å². The summed E-state index contributed by atoms with van der Waals surface area (Å²) in [5.74, 6) is 0.978. The number of methoxy groups -OCH3 is 2. The molecule has 35 heavy (non-hydrogen) atoms. The van der Waals surface area contributed by atoms with Crippen LogP contribution in [0.15, 0.2) is 42.5 Å². The number of rotatable bonds is 8. The van der Waals surface area contributed by atoms with Crippen molar-refractivity contribution in [2.75, 3.05) is 19.5 Å². The van der Waals surface area contributed by atoms with Crippen molar-refractivity contribution in [3.8, 4) is 11.5 Å². The third-order valence-corrected chi connectivity index (χ3v) is 6.37. The Balaban J connectivity index is 1.76. The predicted molar refractivity (Wildman–Crippen MR) is 139 cm³/mol. The van der Waals surface area contributed by atoms with Gasteiger partial charge in [-0.25, -0.2) is 0 Å². The molecule has 0 atom stereocenters. The van der Waals surface area contributed by atoms with Crippen LogP contribution in [-0.4, -0.2) is 43.0 Å². The SMILES string of the molecule is COc1ccc(C(=O)Nc2cccc(CN(C(=O)CC(C)(C)C)C3CCC(N)CC3)c2)cc1OC. The standard InChI is InChI=1S/C28H39N3O4/c1-28(2,3)17-26(32)31(23-12-10-21(29)11-13-23)18-19-7-6-8-22(15-19)30-27(33)20-9-14-24(34-4)25(16-20)35-5/h6-9,14-16,21,23H,10-13,17-18,29H2,1-5H3,(H,30,33). The van der Waals surface area contributed by atoms with Crippen LogP contribution in [0.4, 0.5) is 5.69 Å². The lowest BCUT2D eigenvalue weighted by Crippen LogP contribution is -2.44. The Hall–Kier alpha value is -3.06. The smallest absolute Gasteiger partial charge is 0.255 e. The number of carbonyl (C=O) groups excluding carboxylic acids is 2. The summed E-state index contributed by atoms with van der Waals surface area (Å²) < 4.78 is 10.6. The summed E-state index contributed by atoms with van der Waals surface area (Å²) in [6, 6.07) is 13.2. The predicted octanol–water partition coefficient (Wildman–Crippen LogP) is 4.99. The molecular weight excluding hydrogens is 442 g/mol. The molecule has 0 aliphatic heterocycles. The summed E-state index contributed by atoms with van der Waals surface area (Å²) in [5, 5.41) is 2.96. The molecule has 190 valence electrons. The summed E-state index contributed by atoms with van der Waals surface area (Å²) in [7, 11) is 3.09. The number of benzene rings is 2. The maximum atomic E-state index is 13.3. The highest BCUT2D eigenvalue weighted by Crippen LogP contribution is 2.29. The molecule has 0 radical (unpaired) electrons. The molecule has 0 unspecified atom stereocenters. The van der Waals surface area contributed by atoms with Gasteiger partial charge in [0.15, 0.2) is 11.5 Å². The first kappa shape index (κ1) is 26.5. The summed E-state index contributed by atoms with van der Waals surface area (Å²) in [5.41, 5.74) is 8.15. The third-order valence-electron chi connectivity index (χ3n) is 6.37. The number of hydrogen-bond donors (Lipinski definition) is 2. The number of hydrogen-bond acceptors (Lipinski definition) is 5. The van der Waals surface area contributed by atoms with Crippen LogP contribution in [0.2, 0.25) is 0 Å². The fraction of sp³-hybridized carbons (Fsp3) is 0.500. The van der Waals surface area contributed by atoms with E-state index < -0.39 is 0 Å². The van der Waals surface area contributed by atoms with Gasteiger partial charge in [-0.05, 0) is 67.0 Å². The molecule has 2 aromatic rings. The topological polar surface area (TPSA) is 93.9 Å². The molecule has 3 N–H and O–H groups in total. The minimum absolute atomic E-state index is 0.0877. The molecule has 7 nitrogen and oxygen atoms in total. The summed E-state index contributed by atoms with van der Waals surface area (Å²) in [6.07, 6.45) is 4.21. The zero-order valence-electron chi connectivity index (χ0n) is 21.6. The van der Waals surface area contributed by atoms with Crippen molar-refractivity contribution < 1.29 is 19.1 Å². The van der Waals surface area contributed by atoms with E-state index in [2.05, 4.69) is 26.1 Å². The number of anilines is 1. The van der Waals surface area contributed by atoms with Crippen LogP contribution in [0.1, 0.15) is 68.8 Å². The van der Waals surface area contributed by atoms with Gasteiger partial charge in [-0.3, -0.25) is 9.59 Å². The average molecular weight is 482 g/mol. The van der Waals surface area contributed by atoms with Crippen LogP contribution in [0.3, 0.4) is 0 Å². The van der Waals surface area contributed by atoms with Crippen LogP contribution < -0.4 is 20.5 Å². The molecule has 1 saturated carbocycles. The molecule has 0 aromatic heterocycles. The number of amides is 2. The van der Waals surface area contributed by atoms with Gasteiger partial charge < -0.3 is 25.4 Å². The third kappa shape index (κ3) is 7.46. The molecule has 1 fully saturated rings. The monoisotopic (exact) mass is 481 g/mol. The van der Waals surface area contributed by atoms with Crippen molar-refractivity contribution in [2.24, 2.45) is 11.1 Å². The molecule has 0 bridgehead atoms. The Bertz CT molecular complexity index is 1020. The first-order valence-corrected chi connectivity index (χ1v) is 12.3. The second-order valence-electron chi connectivity index (χ2n) is 10.6. The lowest BCUT2D eigenvalue weighted by atomic mass is 9.88. The van der Waals surface area contributed by atoms with Crippen molar-refractivity contribution in [1.29, 1.82) is 0 Å². The molecule has 0 spiro atoms. The Morgan fingerprint density at radius 2 is 1.69 bits per heavy atom. The van der Waals surface area contributed by atoms with E-state index in [-0.39, 0.29) is 29.3 Å². The Kier molecular flexibility index (Phi) is 8.78. The van der Waals surface area contributed by atoms with E-state index in [1.165, 1.54) is 7.11 Å². The Labute approximate surface area is 209 Å². The van der Waals surface area contributed by atoms with Crippen molar-refractivity contribution in [3.63, 3.8) is 0 Å². The molecule has 1 aliphatic carbocycles. The lowest BCUT2D eigenvalue weighted by Gasteiger charge is -2.37. The summed E-state index contributed by atoms with van der Waals surface area (Å²) in [4.78, 5) is 28.2. The highest BCUT2D eigenvalue weighted by molar-refractivity contribution is 6.04. The highest BCUT2D eigenvalue weighted by atomic mass is 16.5. The molecule has 7 heteroatoms. The van der Waals surface area contributed by atoms with Gasteiger partial charge in [-0.15, -0.1) is 0 Å². The Morgan fingerprint density at radius 1 is 1.00 bits per heavy atom. The molecule has 1 aliphatic rings. The van der Waals surface area contributed by atoms with E-state index in [1.54, 1.807) is 25.3 Å². The van der Waals surface area contributed by atoms with E-state index in [4.69, 9.17) is 15.2 Å². The van der Waals surface area contributed by atoms with E-state index in [9.17, 15) is 9.59 Å². The van der Waals surface area contributed by atoms with Gasteiger partial charge >= 0.3 is 0 Å². The fourth-order valence-electron chi connectivity index (χ4n) is 4.51. The van der Waals surface area contributed by atoms with Crippen molar-refractivity contribution >= 4 is 17.5 Å². The van der Waals surface area contributed by atoms with E-state index >= 15 is 0 Å². The van der Waals surface area contributed by atoms with Gasteiger partial charge in [0.1, 0.15) is 0 Å². The molecule has 3 rings (SSSR count). The summed E-state index contributed by atoms with van der Waals surface area (Å²) >= 11 is 0. The number of nitrogens with zero attached hydrogens (tertiary/aromatic N) is 1. The number of nitrogens with one attached hydrogen (secondary N) is 1. The maximum absolute atomic E-state index is 13.3. The second kappa shape index (κ2) is 11.6. The second-order valence-corrected chi connectivity index (χ2v) is 10.6. The van der Waals surface area contributed by atoms with Crippen molar-refractivity contribution in [2.45, 2.75) is 71.5 Å². The largest absolute Gasteiger partial charge is 0.493 e. The lowest BCUT2D eigenvalue weighted by molar-refractivity contribution is -0.137. The Morgan fingerprint density at radius 3 is 2.31 bits per heavy atom. The van der Waals surface area contributed by atoms with Crippen LogP contribution >= 0.6 is 0 Å². The van der Waals surface area contributed by atoms with Gasteiger partial charge in [-0.1, -0.05) is 32.9 Å². The van der Waals surface area contributed by atoms with Crippen LogP contribution in [0.25, 0.3) is 0 Å². The molecule has 0 saturated heterocycles. The van der Waals surface area contributed by atoms with Crippen molar-refractivity contribution in [1.82, 2.24) is 4.90 Å². The van der Waals surface area contributed by atoms with E-state index in [1.807, 2.05) is 29.2 Å². The number of carbonyl (C=O) groups is 2. The van der Waals surface area contributed by atoms with Crippen LogP contribution in [0, 0.1) is 5.41 Å². The van der Waals surface area contributed by atoms with Crippen LogP contribution in [-0.2, 0) is 11.3 Å². The molecule has 2 amide bonds. The molecular formula is C28H39N3O4. The van der Waals surface area contributed by atoms with E-state index in [0.717, 1.165) is 31.2 Å². The first-order valence-electron chi connectivity index (χ1n) is 12.3. The normalized spacial score (nSPS) is 18.0. The quantitative estimate of drug-likeness (QED) is 0.554. The zero-order valence-corrected chi connectivity index (χ0v) is 21.6. The first-order chi connectivity index (χ1) is 16.6. The summed E-state index contributed by atoms with van der Waals surface area (Å²) in [6.45, 7) is 6.77. The molecule has 2 aromatic carbocycles. The minimum Gasteiger partial charge on any atom is -0.493 e. The van der Waals surface area contributed by atoms with Gasteiger partial charge in [0, 0.05) is 36.3 Å². The minimum atomic E-state index is -0.245. The van der Waals surface area contributed by atoms with Gasteiger partial charge in [0.05, 0.1) is 14.2 Å². The van der Waals surface area contributed by atoms with Gasteiger partial charge in [-0.2, -0.15) is 0 Å². The molecule has 0 heterocycles. The van der Waals surface area contributed by atoms with Crippen LogP contribution in [0.5, 0.6) is 11.5 Å². The maximum Gasteiger partial charge on any atom is 0.255 e.